The van der Waals surface area contributed by atoms with Crippen LogP contribution >= 0.6 is 23.2 Å². The average molecular weight is 429 g/mol. The Morgan fingerprint density at radius 3 is 2.30 bits per heavy atom. The molecule has 27 heavy (non-hydrogen) atoms. The highest BCUT2D eigenvalue weighted by atomic mass is 35.5. The highest BCUT2D eigenvalue weighted by molar-refractivity contribution is 7.90. The van der Waals surface area contributed by atoms with Crippen LogP contribution in [0.5, 0.6) is 0 Å². The number of halogens is 2. The number of anilines is 1. The van der Waals surface area contributed by atoms with Crippen molar-refractivity contribution in [1.82, 2.24) is 5.32 Å². The number of sulfone groups is 1. The summed E-state index contributed by atoms with van der Waals surface area (Å²) in [6, 6.07) is 8.47. The lowest BCUT2D eigenvalue weighted by Crippen LogP contribution is -2.24. The number of benzene rings is 2. The molecule has 6 nitrogen and oxygen atoms in total. The van der Waals surface area contributed by atoms with Crippen molar-refractivity contribution in [3.63, 3.8) is 0 Å². The Labute approximate surface area is 167 Å². The Morgan fingerprint density at radius 2 is 1.70 bits per heavy atom. The zero-order valence-corrected chi connectivity index (χ0v) is 17.0. The van der Waals surface area contributed by atoms with Gasteiger partial charge in [0, 0.05) is 24.1 Å². The van der Waals surface area contributed by atoms with Crippen LogP contribution in [-0.2, 0) is 9.84 Å². The molecule has 0 aliphatic heterocycles. The first-order valence-electron chi connectivity index (χ1n) is 8.02. The molecule has 2 aromatic carbocycles. The molecule has 0 saturated carbocycles. The van der Waals surface area contributed by atoms with Crippen LogP contribution in [0.4, 0.5) is 5.69 Å². The predicted molar refractivity (Wildman–Crippen MR) is 107 cm³/mol. The molecule has 0 heterocycles. The molecular formula is C18H18Cl2N2O4S. The summed E-state index contributed by atoms with van der Waals surface area (Å²) in [6.07, 6.45) is 1.81. The van der Waals surface area contributed by atoms with Gasteiger partial charge in [-0.25, -0.2) is 8.42 Å². The third-order valence-electron chi connectivity index (χ3n) is 3.60. The molecule has 2 N–H and O–H groups in total. The average Bonchev–Trinajstić information content (AvgIpc) is 2.59. The molecule has 0 aromatic heterocycles. The van der Waals surface area contributed by atoms with Gasteiger partial charge in [-0.1, -0.05) is 30.1 Å². The summed E-state index contributed by atoms with van der Waals surface area (Å²) in [5, 5.41) is 5.56. The van der Waals surface area contributed by atoms with Gasteiger partial charge in [-0.05, 0) is 42.8 Å². The van der Waals surface area contributed by atoms with Gasteiger partial charge in [0.05, 0.1) is 20.5 Å². The Morgan fingerprint density at radius 1 is 1.00 bits per heavy atom. The third-order valence-corrected chi connectivity index (χ3v) is 5.49. The SMILES string of the molecule is CCCNC(=O)c1ccc(NC(=O)c2ccc(Cl)c(S(C)(=O)=O)c2)cc1Cl. The first-order chi connectivity index (χ1) is 12.6. The number of hydrogen-bond acceptors (Lipinski definition) is 4. The Balaban J connectivity index is 2.21. The maximum atomic E-state index is 12.4. The Hall–Kier alpha value is -2.09. The molecule has 9 heteroatoms. The van der Waals surface area contributed by atoms with Gasteiger partial charge in [-0.15, -0.1) is 0 Å². The molecule has 0 aliphatic carbocycles. The van der Waals surface area contributed by atoms with Gasteiger partial charge >= 0.3 is 0 Å². The van der Waals surface area contributed by atoms with E-state index in [1.165, 1.54) is 36.4 Å². The van der Waals surface area contributed by atoms with Crippen LogP contribution in [-0.4, -0.2) is 33.0 Å². The van der Waals surface area contributed by atoms with Crippen molar-refractivity contribution in [2.75, 3.05) is 18.1 Å². The Kier molecular flexibility index (Phi) is 6.86. The van der Waals surface area contributed by atoms with Gasteiger partial charge in [0.1, 0.15) is 0 Å². The van der Waals surface area contributed by atoms with E-state index in [2.05, 4.69) is 10.6 Å². The van der Waals surface area contributed by atoms with E-state index in [4.69, 9.17) is 23.2 Å². The van der Waals surface area contributed by atoms with Crippen LogP contribution in [0.1, 0.15) is 34.1 Å². The minimum Gasteiger partial charge on any atom is -0.352 e. The summed E-state index contributed by atoms with van der Waals surface area (Å²) in [4.78, 5) is 24.3. The number of nitrogens with one attached hydrogen (secondary N) is 2. The molecule has 0 aliphatic rings. The number of carbonyl (C=O) groups is 2. The van der Waals surface area contributed by atoms with Crippen molar-refractivity contribution < 1.29 is 18.0 Å². The summed E-state index contributed by atoms with van der Waals surface area (Å²) in [7, 11) is -3.57. The molecule has 2 amide bonds. The molecule has 0 radical (unpaired) electrons. The first-order valence-corrected chi connectivity index (χ1v) is 10.7. The lowest BCUT2D eigenvalue weighted by atomic mass is 10.1. The summed E-state index contributed by atoms with van der Waals surface area (Å²) < 4.78 is 23.5. The minimum absolute atomic E-state index is 0.0412. The highest BCUT2D eigenvalue weighted by Gasteiger charge is 2.17. The van der Waals surface area contributed by atoms with Gasteiger partial charge in [0.15, 0.2) is 9.84 Å². The van der Waals surface area contributed by atoms with Crippen LogP contribution in [0.3, 0.4) is 0 Å². The maximum Gasteiger partial charge on any atom is 0.255 e. The Bertz CT molecular complexity index is 991. The topological polar surface area (TPSA) is 92.3 Å². The summed E-state index contributed by atoms with van der Waals surface area (Å²) in [5.41, 5.74) is 0.794. The molecule has 2 aromatic rings. The smallest absolute Gasteiger partial charge is 0.255 e. The van der Waals surface area contributed by atoms with Crippen molar-refractivity contribution in [3.05, 3.63) is 57.6 Å². The van der Waals surface area contributed by atoms with E-state index in [1.54, 1.807) is 0 Å². The zero-order chi connectivity index (χ0) is 20.2. The largest absolute Gasteiger partial charge is 0.352 e. The molecule has 2 rings (SSSR count). The van der Waals surface area contributed by atoms with Gasteiger partial charge in [0.25, 0.3) is 11.8 Å². The fraction of sp³-hybridized carbons (Fsp3) is 0.222. The van der Waals surface area contributed by atoms with E-state index >= 15 is 0 Å². The minimum atomic E-state index is -3.57. The van der Waals surface area contributed by atoms with Crippen molar-refractivity contribution in [2.24, 2.45) is 0 Å². The van der Waals surface area contributed by atoms with Crippen LogP contribution in [0.2, 0.25) is 10.0 Å². The van der Waals surface area contributed by atoms with E-state index in [0.717, 1.165) is 12.7 Å². The summed E-state index contributed by atoms with van der Waals surface area (Å²) in [5.74, 6) is -0.828. The van der Waals surface area contributed by atoms with Crippen molar-refractivity contribution in [1.29, 1.82) is 0 Å². The van der Waals surface area contributed by atoms with Crippen LogP contribution < -0.4 is 10.6 Å². The van der Waals surface area contributed by atoms with E-state index in [0.29, 0.717) is 17.8 Å². The maximum absolute atomic E-state index is 12.4. The second kappa shape index (κ2) is 8.73. The lowest BCUT2D eigenvalue weighted by Gasteiger charge is -2.10. The van der Waals surface area contributed by atoms with Gasteiger partial charge in [-0.2, -0.15) is 0 Å². The van der Waals surface area contributed by atoms with Crippen molar-refractivity contribution in [2.45, 2.75) is 18.2 Å². The molecule has 144 valence electrons. The fourth-order valence-electron chi connectivity index (χ4n) is 2.24. The number of carbonyl (C=O) groups excluding carboxylic acids is 2. The highest BCUT2D eigenvalue weighted by Crippen LogP contribution is 2.24. The fourth-order valence-corrected chi connectivity index (χ4v) is 3.81. The summed E-state index contributed by atoms with van der Waals surface area (Å²) >= 11 is 12.0. The second-order valence-corrected chi connectivity index (χ2v) is 8.62. The zero-order valence-electron chi connectivity index (χ0n) is 14.7. The third kappa shape index (κ3) is 5.45. The van der Waals surface area contributed by atoms with Gasteiger partial charge < -0.3 is 10.6 Å². The lowest BCUT2D eigenvalue weighted by molar-refractivity contribution is 0.0953. The molecule has 0 saturated heterocycles. The normalized spacial score (nSPS) is 11.1. The van der Waals surface area contributed by atoms with Crippen LogP contribution in [0.25, 0.3) is 0 Å². The molecule has 0 bridgehead atoms. The van der Waals surface area contributed by atoms with Crippen molar-refractivity contribution >= 4 is 50.5 Å². The standard InChI is InChI=1S/C18H18Cl2N2O4S/c1-3-8-21-18(24)13-6-5-12(10-15(13)20)22-17(23)11-4-7-14(19)16(9-11)27(2,25)26/h4-7,9-10H,3,8H2,1-2H3,(H,21,24)(H,22,23). The molecular weight excluding hydrogens is 411 g/mol. The van der Waals surface area contributed by atoms with Crippen LogP contribution in [0, 0.1) is 0 Å². The number of amides is 2. The molecule has 0 atom stereocenters. The van der Waals surface area contributed by atoms with E-state index < -0.39 is 15.7 Å². The second-order valence-electron chi connectivity index (χ2n) is 5.82. The first kappa shape index (κ1) is 21.2. The van der Waals surface area contributed by atoms with E-state index in [9.17, 15) is 18.0 Å². The van der Waals surface area contributed by atoms with E-state index in [-0.39, 0.29) is 26.4 Å². The number of hydrogen-bond donors (Lipinski definition) is 2. The van der Waals surface area contributed by atoms with E-state index in [1.807, 2.05) is 6.92 Å². The monoisotopic (exact) mass is 428 g/mol. The molecule has 0 unspecified atom stereocenters. The predicted octanol–water partition coefficient (Wildman–Crippen LogP) is 3.79. The van der Waals surface area contributed by atoms with Gasteiger partial charge in [-0.3, -0.25) is 9.59 Å². The number of rotatable bonds is 6. The molecule has 0 fully saturated rings. The van der Waals surface area contributed by atoms with Crippen molar-refractivity contribution in [3.8, 4) is 0 Å². The van der Waals surface area contributed by atoms with Gasteiger partial charge in [0.2, 0.25) is 0 Å². The summed E-state index contributed by atoms with van der Waals surface area (Å²) in [6.45, 7) is 2.47. The quantitative estimate of drug-likeness (QED) is 0.731. The van der Waals surface area contributed by atoms with Crippen LogP contribution in [0.15, 0.2) is 41.3 Å². The molecule has 0 spiro atoms.